The van der Waals surface area contributed by atoms with Crippen LogP contribution in [0.4, 0.5) is 24.5 Å². The first-order valence-corrected chi connectivity index (χ1v) is 7.72. The number of esters is 1. The van der Waals surface area contributed by atoms with Crippen molar-refractivity contribution in [3.63, 3.8) is 0 Å². The van der Waals surface area contributed by atoms with Gasteiger partial charge in [-0.25, -0.2) is 4.79 Å². The highest BCUT2D eigenvalue weighted by Gasteiger charge is 2.30. The molecule has 0 unspecified atom stereocenters. The fourth-order valence-corrected chi connectivity index (χ4v) is 2.11. The number of nitro benzene ring substituents is 1. The van der Waals surface area contributed by atoms with Gasteiger partial charge in [-0.15, -0.1) is 0 Å². The van der Waals surface area contributed by atoms with E-state index in [2.05, 4.69) is 10.1 Å². The predicted molar refractivity (Wildman–Crippen MR) is 93.2 cm³/mol. The number of benzene rings is 2. The third-order valence-electron chi connectivity index (χ3n) is 3.35. The zero-order valence-electron chi connectivity index (χ0n) is 14.1. The van der Waals surface area contributed by atoms with Crippen molar-refractivity contribution in [1.82, 2.24) is 0 Å². The van der Waals surface area contributed by atoms with Crippen LogP contribution in [0.25, 0.3) is 6.08 Å². The lowest BCUT2D eigenvalue weighted by Gasteiger charge is -2.09. The second-order valence-electron chi connectivity index (χ2n) is 5.38. The van der Waals surface area contributed by atoms with Gasteiger partial charge in [0.25, 0.3) is 11.6 Å². The van der Waals surface area contributed by atoms with Gasteiger partial charge < -0.3 is 10.1 Å². The first-order chi connectivity index (χ1) is 13.2. The number of amides is 1. The molecule has 0 aliphatic rings. The number of rotatable bonds is 6. The monoisotopic (exact) mass is 394 g/mol. The van der Waals surface area contributed by atoms with E-state index in [9.17, 15) is 32.9 Å². The third-order valence-corrected chi connectivity index (χ3v) is 3.35. The molecular formula is C18H13F3N2O5. The first kappa shape index (κ1) is 20.6. The highest BCUT2D eigenvalue weighted by molar-refractivity contribution is 5.94. The average molecular weight is 394 g/mol. The van der Waals surface area contributed by atoms with E-state index in [0.29, 0.717) is 0 Å². The Morgan fingerprint density at radius 3 is 2.54 bits per heavy atom. The third kappa shape index (κ3) is 5.94. The van der Waals surface area contributed by atoms with Gasteiger partial charge in [-0.05, 0) is 30.3 Å². The molecule has 0 fully saturated rings. The Hall–Kier alpha value is -3.69. The number of halogens is 3. The number of hydrogen-bond acceptors (Lipinski definition) is 5. The largest absolute Gasteiger partial charge is 0.452 e. The lowest BCUT2D eigenvalue weighted by molar-refractivity contribution is -0.385. The number of carbonyl (C=O) groups is 2. The Morgan fingerprint density at radius 1 is 1.14 bits per heavy atom. The Morgan fingerprint density at radius 2 is 1.86 bits per heavy atom. The van der Waals surface area contributed by atoms with Gasteiger partial charge in [-0.3, -0.25) is 14.9 Å². The lowest BCUT2D eigenvalue weighted by Crippen LogP contribution is -2.20. The van der Waals surface area contributed by atoms with Crippen LogP contribution in [0, 0.1) is 10.1 Å². The Labute approximate surface area is 156 Å². The molecule has 146 valence electrons. The van der Waals surface area contributed by atoms with Crippen molar-refractivity contribution in [1.29, 1.82) is 0 Å². The highest BCUT2D eigenvalue weighted by Crippen LogP contribution is 2.30. The fraction of sp³-hybridized carbons (Fsp3) is 0.111. The van der Waals surface area contributed by atoms with Gasteiger partial charge in [0.15, 0.2) is 6.61 Å². The molecule has 0 aliphatic carbocycles. The number of hydrogen-bond donors (Lipinski definition) is 1. The van der Waals surface area contributed by atoms with Crippen molar-refractivity contribution in [3.8, 4) is 0 Å². The predicted octanol–water partition coefficient (Wildman–Crippen LogP) is 3.81. The van der Waals surface area contributed by atoms with Gasteiger partial charge in [0.1, 0.15) is 0 Å². The second kappa shape index (κ2) is 8.80. The Balaban J connectivity index is 1.91. The quantitative estimate of drug-likeness (QED) is 0.348. The fourth-order valence-electron chi connectivity index (χ4n) is 2.11. The van der Waals surface area contributed by atoms with E-state index in [1.54, 1.807) is 6.07 Å². The van der Waals surface area contributed by atoms with Gasteiger partial charge in [-0.1, -0.05) is 18.2 Å². The number of para-hydroxylation sites is 1. The summed E-state index contributed by atoms with van der Waals surface area (Å²) in [5.41, 5.74) is -1.09. The molecule has 0 saturated heterocycles. The smallest absolute Gasteiger partial charge is 0.416 e. The Bertz CT molecular complexity index is 925. The number of alkyl halides is 3. The molecule has 1 N–H and O–H groups in total. The van der Waals surface area contributed by atoms with Crippen LogP contribution < -0.4 is 5.32 Å². The summed E-state index contributed by atoms with van der Waals surface area (Å²) in [6.45, 7) is -0.740. The van der Waals surface area contributed by atoms with Crippen LogP contribution in [0.1, 0.15) is 11.1 Å². The van der Waals surface area contributed by atoms with E-state index in [1.165, 1.54) is 24.3 Å². The summed E-state index contributed by atoms with van der Waals surface area (Å²) in [6, 6.07) is 9.66. The summed E-state index contributed by atoms with van der Waals surface area (Å²) in [6.07, 6.45) is -2.50. The number of nitrogens with zero attached hydrogens (tertiary/aromatic N) is 1. The van der Waals surface area contributed by atoms with E-state index in [0.717, 1.165) is 30.4 Å². The lowest BCUT2D eigenvalue weighted by atomic mass is 10.1. The van der Waals surface area contributed by atoms with Gasteiger partial charge in [0.05, 0.1) is 16.1 Å². The van der Waals surface area contributed by atoms with E-state index in [1.807, 2.05) is 0 Å². The van der Waals surface area contributed by atoms with Crippen LogP contribution in [0.2, 0.25) is 0 Å². The summed E-state index contributed by atoms with van der Waals surface area (Å²) < 4.78 is 42.6. The van der Waals surface area contributed by atoms with Crippen LogP contribution >= 0.6 is 0 Å². The number of anilines is 1. The number of nitro groups is 1. The van der Waals surface area contributed by atoms with Crippen molar-refractivity contribution in [2.24, 2.45) is 0 Å². The topological polar surface area (TPSA) is 98.5 Å². The van der Waals surface area contributed by atoms with Crippen molar-refractivity contribution in [2.45, 2.75) is 6.18 Å². The van der Waals surface area contributed by atoms with Gasteiger partial charge in [-0.2, -0.15) is 13.2 Å². The standard InChI is InChI=1S/C18H13F3N2O5/c19-18(20,21)13-5-3-6-14(10-13)22-16(24)11-28-17(25)9-8-12-4-1-2-7-15(12)23(26)27/h1-10H,11H2,(H,22,24)/b9-8+. The minimum absolute atomic E-state index is 0.105. The molecule has 2 rings (SSSR count). The van der Waals surface area contributed by atoms with Crippen LogP contribution in [0.15, 0.2) is 54.6 Å². The van der Waals surface area contributed by atoms with E-state index >= 15 is 0 Å². The molecule has 0 spiro atoms. The number of ether oxygens (including phenoxy) is 1. The summed E-state index contributed by atoms with van der Waals surface area (Å²) in [5.74, 6) is -1.79. The molecule has 28 heavy (non-hydrogen) atoms. The Kier molecular flexibility index (Phi) is 6.48. The summed E-state index contributed by atoms with van der Waals surface area (Å²) in [4.78, 5) is 33.6. The highest BCUT2D eigenvalue weighted by atomic mass is 19.4. The molecule has 0 saturated carbocycles. The molecule has 0 radical (unpaired) electrons. The van der Waals surface area contributed by atoms with Gasteiger partial charge in [0, 0.05) is 17.8 Å². The maximum absolute atomic E-state index is 12.6. The van der Waals surface area contributed by atoms with E-state index in [-0.39, 0.29) is 16.9 Å². The normalized spacial score (nSPS) is 11.2. The van der Waals surface area contributed by atoms with E-state index in [4.69, 9.17) is 0 Å². The van der Waals surface area contributed by atoms with Crippen LogP contribution in [0.3, 0.4) is 0 Å². The molecule has 7 nitrogen and oxygen atoms in total. The number of nitrogens with one attached hydrogen (secondary N) is 1. The minimum Gasteiger partial charge on any atom is -0.452 e. The zero-order chi connectivity index (χ0) is 20.7. The molecule has 0 aromatic heterocycles. The molecule has 0 bridgehead atoms. The number of carbonyl (C=O) groups excluding carboxylic acids is 2. The summed E-state index contributed by atoms with van der Waals surface area (Å²) >= 11 is 0. The zero-order valence-corrected chi connectivity index (χ0v) is 14.1. The molecular weight excluding hydrogens is 381 g/mol. The molecule has 2 aromatic carbocycles. The first-order valence-electron chi connectivity index (χ1n) is 7.72. The van der Waals surface area contributed by atoms with Crippen molar-refractivity contribution in [2.75, 3.05) is 11.9 Å². The SMILES string of the molecule is O=C(COC(=O)/C=C/c1ccccc1[N+](=O)[O-])Nc1cccc(C(F)(F)F)c1. The van der Waals surface area contributed by atoms with E-state index < -0.39 is 35.1 Å². The van der Waals surface area contributed by atoms with Crippen molar-refractivity contribution in [3.05, 3.63) is 75.8 Å². The van der Waals surface area contributed by atoms with Crippen LogP contribution in [-0.2, 0) is 20.5 Å². The molecule has 0 atom stereocenters. The van der Waals surface area contributed by atoms with Crippen LogP contribution in [0.5, 0.6) is 0 Å². The molecule has 0 aliphatic heterocycles. The summed E-state index contributed by atoms with van der Waals surface area (Å²) in [5, 5.41) is 13.1. The maximum Gasteiger partial charge on any atom is 0.416 e. The molecule has 10 heteroatoms. The molecule has 2 aromatic rings. The average Bonchev–Trinajstić information content (AvgIpc) is 2.64. The maximum atomic E-state index is 12.6. The summed E-state index contributed by atoms with van der Waals surface area (Å²) in [7, 11) is 0. The van der Waals surface area contributed by atoms with Crippen molar-refractivity contribution < 1.29 is 32.4 Å². The van der Waals surface area contributed by atoms with Crippen molar-refractivity contribution >= 4 is 29.3 Å². The minimum atomic E-state index is -4.56. The van der Waals surface area contributed by atoms with Gasteiger partial charge in [0.2, 0.25) is 0 Å². The van der Waals surface area contributed by atoms with Crippen LogP contribution in [-0.4, -0.2) is 23.4 Å². The van der Waals surface area contributed by atoms with Gasteiger partial charge >= 0.3 is 12.1 Å². The molecule has 1 amide bonds. The molecule has 0 heterocycles. The second-order valence-corrected chi connectivity index (χ2v) is 5.38.